The molecule has 0 unspecified atom stereocenters. The fourth-order valence-corrected chi connectivity index (χ4v) is 2.62. The summed E-state index contributed by atoms with van der Waals surface area (Å²) in [5, 5.41) is 2.99. The van der Waals surface area contributed by atoms with E-state index in [2.05, 4.69) is 36.5 Å². The zero-order valence-corrected chi connectivity index (χ0v) is 11.1. The molecule has 1 saturated carbocycles. The number of amides is 1. The van der Waals surface area contributed by atoms with Crippen LogP contribution in [0.25, 0.3) is 0 Å². The summed E-state index contributed by atoms with van der Waals surface area (Å²) < 4.78 is 0. The van der Waals surface area contributed by atoms with Gasteiger partial charge in [-0.25, -0.2) is 0 Å². The summed E-state index contributed by atoms with van der Waals surface area (Å²) in [5.74, 6) is 2.61. The molecule has 0 aliphatic heterocycles. The van der Waals surface area contributed by atoms with Crippen molar-refractivity contribution in [3.05, 3.63) is 35.4 Å². The van der Waals surface area contributed by atoms with Gasteiger partial charge in [-0.3, -0.25) is 4.79 Å². The lowest BCUT2D eigenvalue weighted by Gasteiger charge is -2.06. The summed E-state index contributed by atoms with van der Waals surface area (Å²) in [4.78, 5) is 11.4. The Balaban J connectivity index is 1.59. The average Bonchev–Trinajstić information content (AvgIpc) is 3.14. The summed E-state index contributed by atoms with van der Waals surface area (Å²) in [7, 11) is 0. The Bertz CT molecular complexity index is 388. The van der Waals surface area contributed by atoms with Gasteiger partial charge in [-0.15, -0.1) is 0 Å². The number of carbonyl (C=O) groups excluding carboxylic acids is 1. The van der Waals surface area contributed by atoms with Gasteiger partial charge < -0.3 is 5.32 Å². The van der Waals surface area contributed by atoms with E-state index in [-0.39, 0.29) is 5.91 Å². The predicted octanol–water partition coefficient (Wildman–Crippen LogP) is 2.75. The van der Waals surface area contributed by atoms with E-state index >= 15 is 0 Å². The van der Waals surface area contributed by atoms with E-state index in [0.717, 1.165) is 30.9 Å². The molecule has 1 fully saturated rings. The maximum atomic E-state index is 11.4. The first-order valence-electron chi connectivity index (χ1n) is 6.17. The van der Waals surface area contributed by atoms with Gasteiger partial charge in [0, 0.05) is 24.0 Å². The van der Waals surface area contributed by atoms with Gasteiger partial charge in [-0.2, -0.15) is 11.8 Å². The van der Waals surface area contributed by atoms with Crippen LogP contribution in [0, 0.1) is 12.8 Å². The summed E-state index contributed by atoms with van der Waals surface area (Å²) >= 11 is 1.88. The van der Waals surface area contributed by atoms with Crippen LogP contribution in [0.5, 0.6) is 0 Å². The molecule has 0 radical (unpaired) electrons. The van der Waals surface area contributed by atoms with Crippen LogP contribution in [0.2, 0.25) is 0 Å². The molecule has 1 aliphatic carbocycles. The van der Waals surface area contributed by atoms with Crippen LogP contribution in [0.15, 0.2) is 24.3 Å². The number of hydrogen-bond acceptors (Lipinski definition) is 2. The minimum absolute atomic E-state index is 0.251. The van der Waals surface area contributed by atoms with Crippen molar-refractivity contribution in [2.45, 2.75) is 25.5 Å². The number of aryl methyl sites for hydroxylation is 1. The first-order valence-corrected chi connectivity index (χ1v) is 7.33. The van der Waals surface area contributed by atoms with E-state index in [0.29, 0.717) is 5.92 Å². The molecule has 0 bridgehead atoms. The summed E-state index contributed by atoms with van der Waals surface area (Å²) in [6.07, 6.45) is 2.17. The van der Waals surface area contributed by atoms with Crippen molar-refractivity contribution in [1.82, 2.24) is 5.32 Å². The molecule has 0 atom stereocenters. The highest BCUT2D eigenvalue weighted by Crippen LogP contribution is 2.28. The smallest absolute Gasteiger partial charge is 0.223 e. The van der Waals surface area contributed by atoms with E-state index in [9.17, 15) is 4.79 Å². The summed E-state index contributed by atoms with van der Waals surface area (Å²) in [6, 6.07) is 8.47. The maximum absolute atomic E-state index is 11.4. The third-order valence-electron chi connectivity index (χ3n) is 3.01. The standard InChI is InChI=1S/C14H19NOS/c1-11-4-2-3-5-13(11)10-17-9-8-15-14(16)12-6-7-12/h2-5,12H,6-10H2,1H3,(H,15,16). The van der Waals surface area contributed by atoms with Crippen LogP contribution in [0.3, 0.4) is 0 Å². The van der Waals surface area contributed by atoms with E-state index in [1.54, 1.807) is 0 Å². The van der Waals surface area contributed by atoms with Crippen LogP contribution < -0.4 is 5.32 Å². The number of benzene rings is 1. The lowest BCUT2D eigenvalue weighted by molar-refractivity contribution is -0.122. The Kier molecular flexibility index (Phi) is 4.49. The van der Waals surface area contributed by atoms with E-state index < -0.39 is 0 Å². The topological polar surface area (TPSA) is 29.1 Å². The second kappa shape index (κ2) is 6.10. The van der Waals surface area contributed by atoms with Gasteiger partial charge >= 0.3 is 0 Å². The van der Waals surface area contributed by atoms with Gasteiger partial charge in [0.1, 0.15) is 0 Å². The van der Waals surface area contributed by atoms with E-state index in [1.807, 2.05) is 11.8 Å². The molecule has 0 spiro atoms. The quantitative estimate of drug-likeness (QED) is 0.785. The fourth-order valence-electron chi connectivity index (χ4n) is 1.69. The Morgan fingerprint density at radius 3 is 2.88 bits per heavy atom. The van der Waals surface area contributed by atoms with Crippen molar-refractivity contribution in [3.63, 3.8) is 0 Å². The van der Waals surface area contributed by atoms with Gasteiger partial charge in [0.25, 0.3) is 0 Å². The van der Waals surface area contributed by atoms with Gasteiger partial charge in [-0.05, 0) is 30.9 Å². The SMILES string of the molecule is Cc1ccccc1CSCCNC(=O)C1CC1. The molecule has 1 N–H and O–H groups in total. The molecule has 2 rings (SSSR count). The number of rotatable bonds is 6. The Hall–Kier alpha value is -0.960. The van der Waals surface area contributed by atoms with Crippen molar-refractivity contribution in [2.75, 3.05) is 12.3 Å². The molecule has 1 amide bonds. The monoisotopic (exact) mass is 249 g/mol. The molecule has 1 aromatic rings. The number of thioether (sulfide) groups is 1. The average molecular weight is 249 g/mol. The number of carbonyl (C=O) groups is 1. The molecule has 2 nitrogen and oxygen atoms in total. The third kappa shape index (κ3) is 4.08. The van der Waals surface area contributed by atoms with E-state index in [4.69, 9.17) is 0 Å². The van der Waals surface area contributed by atoms with Crippen molar-refractivity contribution >= 4 is 17.7 Å². The van der Waals surface area contributed by atoms with Gasteiger partial charge in [0.2, 0.25) is 5.91 Å². The molecular formula is C14H19NOS. The zero-order valence-electron chi connectivity index (χ0n) is 10.2. The van der Waals surface area contributed by atoms with Gasteiger partial charge in [0.15, 0.2) is 0 Å². The normalized spacial score (nSPS) is 14.6. The first-order chi connectivity index (χ1) is 8.27. The zero-order chi connectivity index (χ0) is 12.1. The summed E-state index contributed by atoms with van der Waals surface area (Å²) in [5.41, 5.74) is 2.74. The molecule has 0 heterocycles. The highest BCUT2D eigenvalue weighted by atomic mass is 32.2. The molecule has 0 aromatic heterocycles. The summed E-state index contributed by atoms with van der Waals surface area (Å²) in [6.45, 7) is 2.94. The van der Waals surface area contributed by atoms with Crippen molar-refractivity contribution in [2.24, 2.45) is 5.92 Å². The van der Waals surface area contributed by atoms with Gasteiger partial charge in [-0.1, -0.05) is 24.3 Å². The minimum Gasteiger partial charge on any atom is -0.355 e. The predicted molar refractivity (Wildman–Crippen MR) is 73.1 cm³/mol. The molecule has 92 valence electrons. The lowest BCUT2D eigenvalue weighted by atomic mass is 10.1. The largest absolute Gasteiger partial charge is 0.355 e. The van der Waals surface area contributed by atoms with Crippen LogP contribution in [0.4, 0.5) is 0 Å². The molecule has 0 saturated heterocycles. The number of hydrogen-bond donors (Lipinski definition) is 1. The van der Waals surface area contributed by atoms with Crippen LogP contribution in [-0.4, -0.2) is 18.2 Å². The number of nitrogens with one attached hydrogen (secondary N) is 1. The van der Waals surface area contributed by atoms with E-state index in [1.165, 1.54) is 11.1 Å². The highest BCUT2D eigenvalue weighted by molar-refractivity contribution is 7.98. The van der Waals surface area contributed by atoms with Crippen molar-refractivity contribution in [1.29, 1.82) is 0 Å². The Morgan fingerprint density at radius 1 is 1.41 bits per heavy atom. The van der Waals surface area contributed by atoms with Crippen molar-refractivity contribution in [3.8, 4) is 0 Å². The van der Waals surface area contributed by atoms with Crippen LogP contribution in [-0.2, 0) is 10.5 Å². The Morgan fingerprint density at radius 2 is 2.18 bits per heavy atom. The maximum Gasteiger partial charge on any atom is 0.223 e. The molecular weight excluding hydrogens is 230 g/mol. The fraction of sp³-hybridized carbons (Fsp3) is 0.500. The second-order valence-corrected chi connectivity index (χ2v) is 5.65. The molecule has 3 heteroatoms. The molecule has 1 aliphatic rings. The Labute approximate surface area is 107 Å². The molecule has 17 heavy (non-hydrogen) atoms. The van der Waals surface area contributed by atoms with Crippen molar-refractivity contribution < 1.29 is 4.79 Å². The minimum atomic E-state index is 0.251. The highest BCUT2D eigenvalue weighted by Gasteiger charge is 2.28. The van der Waals surface area contributed by atoms with Gasteiger partial charge in [0.05, 0.1) is 0 Å². The lowest BCUT2D eigenvalue weighted by Crippen LogP contribution is -2.26. The second-order valence-electron chi connectivity index (χ2n) is 4.54. The first kappa shape index (κ1) is 12.5. The molecule has 1 aromatic carbocycles. The van der Waals surface area contributed by atoms with Crippen LogP contribution in [0.1, 0.15) is 24.0 Å². The third-order valence-corrected chi connectivity index (χ3v) is 4.02. The van der Waals surface area contributed by atoms with Crippen LogP contribution >= 0.6 is 11.8 Å².